The first-order valence-corrected chi connectivity index (χ1v) is 10.6. The van der Waals surface area contributed by atoms with Gasteiger partial charge < -0.3 is 14.8 Å². The van der Waals surface area contributed by atoms with Crippen LogP contribution in [0.3, 0.4) is 0 Å². The van der Waals surface area contributed by atoms with E-state index in [0.717, 1.165) is 10.0 Å². The summed E-state index contributed by atoms with van der Waals surface area (Å²) in [5, 5.41) is 6.59. The van der Waals surface area contributed by atoms with Crippen molar-refractivity contribution < 1.29 is 19.1 Å². The van der Waals surface area contributed by atoms with E-state index in [-0.39, 0.29) is 6.42 Å². The number of nitrogens with one attached hydrogen (secondary N) is 2. The summed E-state index contributed by atoms with van der Waals surface area (Å²) in [6.45, 7) is 0.396. The zero-order valence-electron chi connectivity index (χ0n) is 17.4. The van der Waals surface area contributed by atoms with E-state index in [2.05, 4.69) is 31.8 Å². The number of benzene rings is 3. The third-order valence-electron chi connectivity index (χ3n) is 4.32. The number of hydrogen-bond donors (Lipinski definition) is 2. The number of para-hydroxylation sites is 3. The monoisotopic (exact) mass is 495 g/mol. The van der Waals surface area contributed by atoms with E-state index >= 15 is 0 Å². The van der Waals surface area contributed by atoms with Crippen molar-refractivity contribution in [1.82, 2.24) is 5.43 Å². The Morgan fingerprint density at radius 2 is 1.62 bits per heavy atom. The highest BCUT2D eigenvalue weighted by Gasteiger charge is 2.11. The van der Waals surface area contributed by atoms with E-state index in [1.165, 1.54) is 13.3 Å². The molecule has 2 N–H and O–H groups in total. The Labute approximate surface area is 194 Å². The molecule has 0 aliphatic heterocycles. The maximum atomic E-state index is 12.1. The molecule has 0 fully saturated rings. The van der Waals surface area contributed by atoms with Gasteiger partial charge in [-0.25, -0.2) is 5.43 Å². The van der Waals surface area contributed by atoms with E-state index < -0.39 is 11.8 Å². The molecule has 0 atom stereocenters. The predicted molar refractivity (Wildman–Crippen MR) is 127 cm³/mol. The molecule has 2 amide bonds. The van der Waals surface area contributed by atoms with Crippen LogP contribution in [0, 0.1) is 0 Å². The zero-order valence-corrected chi connectivity index (χ0v) is 19.0. The number of methoxy groups -OCH3 is 1. The summed E-state index contributed by atoms with van der Waals surface area (Å²) in [7, 11) is 1.51. The Morgan fingerprint density at radius 1 is 0.938 bits per heavy atom. The van der Waals surface area contributed by atoms with Crippen LogP contribution in [0.4, 0.5) is 5.69 Å². The second-order valence-corrected chi connectivity index (χ2v) is 7.59. The summed E-state index contributed by atoms with van der Waals surface area (Å²) in [5.41, 5.74) is 4.58. The third-order valence-corrected chi connectivity index (χ3v) is 4.85. The Bertz CT molecular complexity index is 1100. The van der Waals surface area contributed by atoms with Crippen molar-refractivity contribution in [3.8, 4) is 11.5 Å². The lowest BCUT2D eigenvalue weighted by atomic mass is 10.2. The van der Waals surface area contributed by atoms with Crippen molar-refractivity contribution >= 4 is 39.6 Å². The summed E-state index contributed by atoms with van der Waals surface area (Å²) >= 11 is 3.41. The molecule has 0 spiro atoms. The average Bonchev–Trinajstić information content (AvgIpc) is 2.79. The van der Waals surface area contributed by atoms with Crippen LogP contribution in [0.25, 0.3) is 0 Å². The van der Waals surface area contributed by atoms with Gasteiger partial charge in [-0.2, -0.15) is 5.10 Å². The molecule has 0 aliphatic rings. The highest BCUT2D eigenvalue weighted by atomic mass is 79.9. The van der Waals surface area contributed by atoms with Crippen molar-refractivity contribution in [3.05, 3.63) is 88.4 Å². The number of amides is 2. The van der Waals surface area contributed by atoms with Gasteiger partial charge in [-0.1, -0.05) is 52.3 Å². The van der Waals surface area contributed by atoms with Gasteiger partial charge >= 0.3 is 0 Å². The molecule has 0 aliphatic carbocycles. The molecule has 0 heterocycles. The molecule has 0 aromatic heterocycles. The molecule has 0 radical (unpaired) electrons. The largest absolute Gasteiger partial charge is 0.495 e. The quantitative estimate of drug-likeness (QED) is 0.259. The fourth-order valence-electron chi connectivity index (χ4n) is 2.76. The van der Waals surface area contributed by atoms with E-state index in [9.17, 15) is 9.59 Å². The summed E-state index contributed by atoms with van der Waals surface area (Å²) in [5.74, 6) is 0.128. The molecule has 164 valence electrons. The van der Waals surface area contributed by atoms with Crippen LogP contribution < -0.4 is 20.2 Å². The summed E-state index contributed by atoms with van der Waals surface area (Å²) < 4.78 is 12.1. The number of ether oxygens (including phenoxy) is 2. The fraction of sp³-hybridized carbons (Fsp3) is 0.125. The second kappa shape index (κ2) is 11.7. The molecule has 0 bridgehead atoms. The highest BCUT2D eigenvalue weighted by Crippen LogP contribution is 2.23. The first-order valence-electron chi connectivity index (χ1n) is 9.76. The van der Waals surface area contributed by atoms with E-state index in [1.54, 1.807) is 24.3 Å². The first kappa shape index (κ1) is 23.0. The molecule has 8 heteroatoms. The van der Waals surface area contributed by atoms with Gasteiger partial charge in [0.25, 0.3) is 0 Å². The summed E-state index contributed by atoms with van der Waals surface area (Å²) in [4.78, 5) is 24.2. The van der Waals surface area contributed by atoms with Crippen LogP contribution in [-0.4, -0.2) is 25.1 Å². The molecular weight excluding hydrogens is 474 g/mol. The minimum atomic E-state index is -0.540. The van der Waals surface area contributed by atoms with Crippen molar-refractivity contribution in [2.75, 3.05) is 12.4 Å². The van der Waals surface area contributed by atoms with Crippen LogP contribution in [0.5, 0.6) is 11.5 Å². The van der Waals surface area contributed by atoms with Crippen molar-refractivity contribution in [1.29, 1.82) is 0 Å². The minimum Gasteiger partial charge on any atom is -0.495 e. The van der Waals surface area contributed by atoms with Gasteiger partial charge in [-0.3, -0.25) is 9.59 Å². The SMILES string of the molecule is COc1ccccc1NC(=O)CC(=O)NN=Cc1ccccc1OCc1ccc(Br)cc1. The van der Waals surface area contributed by atoms with Gasteiger partial charge in [0.2, 0.25) is 11.8 Å². The Balaban J connectivity index is 1.52. The lowest BCUT2D eigenvalue weighted by Crippen LogP contribution is -2.24. The van der Waals surface area contributed by atoms with Crippen LogP contribution in [-0.2, 0) is 16.2 Å². The smallest absolute Gasteiger partial charge is 0.249 e. The van der Waals surface area contributed by atoms with Crippen molar-refractivity contribution in [3.63, 3.8) is 0 Å². The van der Waals surface area contributed by atoms with Gasteiger partial charge in [-0.05, 0) is 42.0 Å². The Morgan fingerprint density at radius 3 is 2.38 bits per heavy atom. The van der Waals surface area contributed by atoms with E-state index in [4.69, 9.17) is 9.47 Å². The van der Waals surface area contributed by atoms with Gasteiger partial charge in [0.15, 0.2) is 0 Å². The van der Waals surface area contributed by atoms with E-state index in [0.29, 0.717) is 29.4 Å². The molecule has 0 saturated carbocycles. The number of halogens is 1. The lowest BCUT2D eigenvalue weighted by Gasteiger charge is -2.09. The van der Waals surface area contributed by atoms with Gasteiger partial charge in [0.05, 0.1) is 19.0 Å². The number of nitrogens with zero attached hydrogens (tertiary/aromatic N) is 1. The molecule has 7 nitrogen and oxygen atoms in total. The molecule has 0 saturated heterocycles. The van der Waals surface area contributed by atoms with Crippen molar-refractivity contribution in [2.24, 2.45) is 5.10 Å². The maximum Gasteiger partial charge on any atom is 0.249 e. The van der Waals surface area contributed by atoms with Gasteiger partial charge in [-0.15, -0.1) is 0 Å². The van der Waals surface area contributed by atoms with Crippen LogP contribution >= 0.6 is 15.9 Å². The number of hydrazone groups is 1. The minimum absolute atomic E-state index is 0.378. The van der Waals surface area contributed by atoms with E-state index in [1.807, 2.05) is 48.5 Å². The number of anilines is 1. The predicted octanol–water partition coefficient (Wildman–Crippen LogP) is 4.52. The molecule has 32 heavy (non-hydrogen) atoms. The topological polar surface area (TPSA) is 89.0 Å². The molecular formula is C24H22BrN3O4. The first-order chi connectivity index (χ1) is 15.5. The maximum absolute atomic E-state index is 12.1. The second-order valence-electron chi connectivity index (χ2n) is 6.67. The molecule has 3 rings (SSSR count). The van der Waals surface area contributed by atoms with Crippen LogP contribution in [0.15, 0.2) is 82.4 Å². The zero-order chi connectivity index (χ0) is 22.8. The summed E-state index contributed by atoms with van der Waals surface area (Å²) in [6, 6.07) is 22.1. The van der Waals surface area contributed by atoms with Crippen LogP contribution in [0.2, 0.25) is 0 Å². The van der Waals surface area contributed by atoms with Gasteiger partial charge in [0.1, 0.15) is 24.5 Å². The number of carbonyl (C=O) groups is 2. The lowest BCUT2D eigenvalue weighted by molar-refractivity contribution is -0.126. The summed E-state index contributed by atoms with van der Waals surface area (Å²) in [6.07, 6.45) is 1.10. The molecule has 3 aromatic rings. The van der Waals surface area contributed by atoms with Crippen LogP contribution in [0.1, 0.15) is 17.5 Å². The Kier molecular flexibility index (Phi) is 8.39. The van der Waals surface area contributed by atoms with Crippen molar-refractivity contribution in [2.45, 2.75) is 13.0 Å². The highest BCUT2D eigenvalue weighted by molar-refractivity contribution is 9.10. The molecule has 0 unspecified atom stereocenters. The standard InChI is InChI=1S/C24H22BrN3O4/c1-31-22-9-5-3-7-20(22)27-23(29)14-24(30)28-26-15-18-6-2-4-8-21(18)32-16-17-10-12-19(25)13-11-17/h2-13,15H,14,16H2,1H3,(H,27,29)(H,28,30). The fourth-order valence-corrected chi connectivity index (χ4v) is 3.03. The number of carbonyl (C=O) groups excluding carboxylic acids is 2. The van der Waals surface area contributed by atoms with Gasteiger partial charge in [0, 0.05) is 10.0 Å². The number of rotatable bonds is 9. The average molecular weight is 496 g/mol. The number of hydrogen-bond acceptors (Lipinski definition) is 5. The molecule has 3 aromatic carbocycles. The Hall–Kier alpha value is -3.65. The normalized spacial score (nSPS) is 10.6. The third kappa shape index (κ3) is 6.95.